The molecule has 2 N–H and O–H groups in total. The second-order valence-electron chi connectivity index (χ2n) is 5.81. The third-order valence-corrected chi connectivity index (χ3v) is 3.85. The van der Waals surface area contributed by atoms with Crippen LogP contribution in [-0.2, 0) is 6.18 Å². The number of hydrogen-bond donors (Lipinski definition) is 2. The number of aromatic nitrogens is 1. The maximum absolute atomic E-state index is 12.9. The van der Waals surface area contributed by atoms with Gasteiger partial charge in [-0.2, -0.15) is 13.2 Å². The lowest BCUT2D eigenvalue weighted by Crippen LogP contribution is -2.12. The van der Waals surface area contributed by atoms with Gasteiger partial charge in [0.1, 0.15) is 5.75 Å². The van der Waals surface area contributed by atoms with Crippen molar-refractivity contribution in [2.45, 2.75) is 6.18 Å². The summed E-state index contributed by atoms with van der Waals surface area (Å²) in [6, 6.07) is 12.8. The highest BCUT2D eigenvalue weighted by Gasteiger charge is 2.30. The predicted molar refractivity (Wildman–Crippen MR) is 99.9 cm³/mol. The van der Waals surface area contributed by atoms with Crippen LogP contribution in [0.25, 0.3) is 0 Å². The smallest absolute Gasteiger partial charge is 0.416 e. The van der Waals surface area contributed by atoms with E-state index in [-0.39, 0.29) is 11.6 Å². The highest BCUT2D eigenvalue weighted by Crippen LogP contribution is 2.33. The number of pyridine rings is 1. The summed E-state index contributed by atoms with van der Waals surface area (Å²) in [4.78, 5) is 16.4. The number of ether oxygens (including phenoxy) is 1. The summed E-state index contributed by atoms with van der Waals surface area (Å²) in [7, 11) is 1.43. The molecule has 144 valence electrons. The average Bonchev–Trinajstić information content (AvgIpc) is 2.68. The summed E-state index contributed by atoms with van der Waals surface area (Å²) in [5.74, 6) is -0.00177. The Morgan fingerprint density at radius 2 is 1.82 bits per heavy atom. The summed E-state index contributed by atoms with van der Waals surface area (Å²) in [6.07, 6.45) is -1.36. The summed E-state index contributed by atoms with van der Waals surface area (Å²) in [6.45, 7) is 0. The molecule has 0 radical (unpaired) electrons. The van der Waals surface area contributed by atoms with Crippen molar-refractivity contribution in [2.24, 2.45) is 0 Å². The summed E-state index contributed by atoms with van der Waals surface area (Å²) in [5, 5.41) is 5.57. The Morgan fingerprint density at radius 3 is 2.50 bits per heavy atom. The van der Waals surface area contributed by atoms with Crippen LogP contribution in [0.1, 0.15) is 15.9 Å². The van der Waals surface area contributed by atoms with Crippen LogP contribution in [0.2, 0.25) is 0 Å². The number of nitrogens with one attached hydrogen (secondary N) is 2. The van der Waals surface area contributed by atoms with E-state index < -0.39 is 11.7 Å². The maximum atomic E-state index is 12.9. The molecule has 0 aliphatic carbocycles. The van der Waals surface area contributed by atoms with Crippen molar-refractivity contribution in [3.05, 3.63) is 78.1 Å². The van der Waals surface area contributed by atoms with E-state index in [0.717, 1.165) is 12.1 Å². The number of methoxy groups -OCH3 is 1. The number of halogens is 3. The molecular formula is C20H16F3N3O2. The predicted octanol–water partition coefficient (Wildman–Crippen LogP) is 5.10. The van der Waals surface area contributed by atoms with E-state index in [1.54, 1.807) is 30.5 Å². The van der Waals surface area contributed by atoms with Gasteiger partial charge in [-0.15, -0.1) is 0 Å². The van der Waals surface area contributed by atoms with Gasteiger partial charge in [-0.05, 0) is 48.5 Å². The van der Waals surface area contributed by atoms with E-state index in [4.69, 9.17) is 4.74 Å². The van der Waals surface area contributed by atoms with Crippen LogP contribution in [-0.4, -0.2) is 18.0 Å². The monoisotopic (exact) mass is 387 g/mol. The quantitative estimate of drug-likeness (QED) is 0.639. The first-order valence-electron chi connectivity index (χ1n) is 8.20. The number of benzene rings is 2. The first kappa shape index (κ1) is 19.2. The molecule has 2 aromatic carbocycles. The first-order chi connectivity index (χ1) is 13.4. The molecule has 0 aliphatic rings. The van der Waals surface area contributed by atoms with Gasteiger partial charge in [0.2, 0.25) is 0 Å². The van der Waals surface area contributed by atoms with Crippen molar-refractivity contribution in [1.29, 1.82) is 0 Å². The molecule has 0 saturated carbocycles. The van der Waals surface area contributed by atoms with E-state index >= 15 is 0 Å². The van der Waals surface area contributed by atoms with Crippen molar-refractivity contribution in [3.63, 3.8) is 0 Å². The zero-order valence-electron chi connectivity index (χ0n) is 14.7. The summed E-state index contributed by atoms with van der Waals surface area (Å²) in [5.41, 5.74) is 0.635. The number of anilines is 3. The number of alkyl halides is 3. The summed E-state index contributed by atoms with van der Waals surface area (Å²) < 4.78 is 44.0. The molecule has 0 atom stereocenters. The number of nitrogens with zero attached hydrogens (tertiary/aromatic N) is 1. The van der Waals surface area contributed by atoms with Crippen molar-refractivity contribution in [2.75, 3.05) is 17.7 Å². The van der Waals surface area contributed by atoms with Crippen LogP contribution in [0.15, 0.2) is 67.0 Å². The maximum Gasteiger partial charge on any atom is 0.416 e. The van der Waals surface area contributed by atoms with Gasteiger partial charge >= 0.3 is 6.18 Å². The number of carbonyl (C=O) groups is 1. The Labute approximate surface area is 159 Å². The highest BCUT2D eigenvalue weighted by atomic mass is 19.4. The minimum absolute atomic E-state index is 0.220. The second-order valence-corrected chi connectivity index (χ2v) is 5.81. The molecule has 3 aromatic rings. The van der Waals surface area contributed by atoms with Gasteiger partial charge in [-0.25, -0.2) is 0 Å². The van der Waals surface area contributed by atoms with Crippen LogP contribution < -0.4 is 15.4 Å². The Morgan fingerprint density at radius 1 is 1.04 bits per heavy atom. The molecular weight excluding hydrogens is 371 g/mol. The molecule has 0 saturated heterocycles. The Kier molecular flexibility index (Phi) is 5.49. The van der Waals surface area contributed by atoms with Gasteiger partial charge in [0.15, 0.2) is 0 Å². The van der Waals surface area contributed by atoms with Gasteiger partial charge < -0.3 is 15.4 Å². The molecule has 28 heavy (non-hydrogen) atoms. The molecule has 1 heterocycles. The van der Waals surface area contributed by atoms with Crippen LogP contribution in [0.3, 0.4) is 0 Å². The molecule has 0 aliphatic heterocycles. The van der Waals surface area contributed by atoms with Gasteiger partial charge in [-0.3, -0.25) is 9.78 Å². The molecule has 0 unspecified atom stereocenters. The SMILES string of the molecule is COc1ccc(C(=O)Nc2cccnc2)cc1Nc1cccc(C(F)(F)F)c1. The molecule has 8 heteroatoms. The Balaban J connectivity index is 1.86. The third-order valence-electron chi connectivity index (χ3n) is 3.85. The van der Waals surface area contributed by atoms with Gasteiger partial charge in [0.05, 0.1) is 30.2 Å². The highest BCUT2D eigenvalue weighted by molar-refractivity contribution is 6.05. The van der Waals surface area contributed by atoms with Gasteiger partial charge in [-0.1, -0.05) is 6.07 Å². The topological polar surface area (TPSA) is 63.2 Å². The number of hydrogen-bond acceptors (Lipinski definition) is 4. The molecule has 1 amide bonds. The van der Waals surface area contributed by atoms with Crippen LogP contribution in [0.4, 0.5) is 30.2 Å². The zero-order chi connectivity index (χ0) is 20.1. The lowest BCUT2D eigenvalue weighted by Gasteiger charge is -2.14. The van der Waals surface area contributed by atoms with Gasteiger partial charge in [0.25, 0.3) is 5.91 Å². The molecule has 0 fully saturated rings. The Hall–Kier alpha value is -3.55. The molecule has 5 nitrogen and oxygen atoms in total. The Bertz CT molecular complexity index is 976. The zero-order valence-corrected chi connectivity index (χ0v) is 14.7. The first-order valence-corrected chi connectivity index (χ1v) is 8.20. The van der Waals surface area contributed by atoms with Crippen molar-refractivity contribution in [1.82, 2.24) is 4.98 Å². The minimum Gasteiger partial charge on any atom is -0.495 e. The van der Waals surface area contributed by atoms with E-state index in [1.807, 2.05) is 0 Å². The average molecular weight is 387 g/mol. The fourth-order valence-corrected chi connectivity index (χ4v) is 2.52. The van der Waals surface area contributed by atoms with Crippen LogP contribution in [0, 0.1) is 0 Å². The fourth-order valence-electron chi connectivity index (χ4n) is 2.52. The summed E-state index contributed by atoms with van der Waals surface area (Å²) >= 11 is 0. The molecule has 3 rings (SSSR count). The standard InChI is InChI=1S/C20H16F3N3O2/c1-28-18-8-7-13(19(27)26-16-6-3-9-24-12-16)10-17(18)25-15-5-2-4-14(11-15)20(21,22)23/h2-12,25H,1H3,(H,26,27). The number of carbonyl (C=O) groups excluding carboxylic acids is 1. The number of amides is 1. The van der Waals surface area contributed by atoms with E-state index in [0.29, 0.717) is 22.7 Å². The molecule has 0 bridgehead atoms. The third kappa shape index (κ3) is 4.59. The fraction of sp³-hybridized carbons (Fsp3) is 0.100. The minimum atomic E-state index is -4.45. The lowest BCUT2D eigenvalue weighted by molar-refractivity contribution is -0.137. The van der Waals surface area contributed by atoms with E-state index in [1.165, 1.54) is 31.5 Å². The molecule has 1 aromatic heterocycles. The normalized spacial score (nSPS) is 11.0. The second kappa shape index (κ2) is 7.99. The number of rotatable bonds is 5. The van der Waals surface area contributed by atoms with E-state index in [9.17, 15) is 18.0 Å². The van der Waals surface area contributed by atoms with E-state index in [2.05, 4.69) is 15.6 Å². The van der Waals surface area contributed by atoms with Crippen molar-refractivity contribution >= 4 is 23.0 Å². The van der Waals surface area contributed by atoms with Crippen molar-refractivity contribution in [3.8, 4) is 5.75 Å². The van der Waals surface area contributed by atoms with Gasteiger partial charge in [0, 0.05) is 17.4 Å². The largest absolute Gasteiger partial charge is 0.495 e. The lowest BCUT2D eigenvalue weighted by atomic mass is 10.1. The van der Waals surface area contributed by atoms with Crippen molar-refractivity contribution < 1.29 is 22.7 Å². The van der Waals surface area contributed by atoms with Crippen LogP contribution in [0.5, 0.6) is 5.75 Å². The molecule has 0 spiro atoms. The van der Waals surface area contributed by atoms with Crippen LogP contribution >= 0.6 is 0 Å².